The highest BCUT2D eigenvalue weighted by Gasteiger charge is 2.18. The van der Waals surface area contributed by atoms with Crippen molar-refractivity contribution in [2.24, 2.45) is 11.7 Å². The molecule has 3 N–H and O–H groups in total. The van der Waals surface area contributed by atoms with Gasteiger partial charge in [-0.1, -0.05) is 26.0 Å². The van der Waals surface area contributed by atoms with E-state index in [1.54, 1.807) is 12.3 Å². The normalized spacial score (nSPS) is 11.9. The molecular formula is C15H19ClFN3OS. The number of nitrogens with one attached hydrogen (secondary N) is 1. The van der Waals surface area contributed by atoms with E-state index >= 15 is 0 Å². The van der Waals surface area contributed by atoms with Gasteiger partial charge in [-0.25, -0.2) is 9.37 Å². The topological polar surface area (TPSA) is 68.0 Å². The molecule has 2 aromatic rings. The average Bonchev–Trinajstić information content (AvgIpc) is 2.84. The summed E-state index contributed by atoms with van der Waals surface area (Å²) in [5.74, 6) is -0.429. The third-order valence-corrected chi connectivity index (χ3v) is 3.98. The van der Waals surface area contributed by atoms with Crippen LogP contribution in [-0.2, 0) is 11.2 Å². The van der Waals surface area contributed by atoms with E-state index < -0.39 is 6.04 Å². The maximum absolute atomic E-state index is 13.1. The number of halogens is 2. The Kier molecular flexibility index (Phi) is 6.93. The van der Waals surface area contributed by atoms with Gasteiger partial charge in [0.25, 0.3) is 0 Å². The second-order valence-electron chi connectivity index (χ2n) is 5.20. The molecule has 22 heavy (non-hydrogen) atoms. The number of amides is 1. The first kappa shape index (κ1) is 18.5. The molecule has 1 aromatic heterocycles. The van der Waals surface area contributed by atoms with Crippen LogP contribution in [0.15, 0.2) is 30.5 Å². The molecule has 2 rings (SSSR count). The standard InChI is InChI=1S/C15H18FN3OS.ClH/c1-9(2)13(17)14(20)19-15-18-8-12(21-15)7-10-4-3-5-11(16)6-10;/h3-6,8-9,13H,7,17H2,1-2H3,(H,18,19,20);1H/t13-;/m0./s1. The largest absolute Gasteiger partial charge is 0.320 e. The van der Waals surface area contributed by atoms with Gasteiger partial charge >= 0.3 is 0 Å². The van der Waals surface area contributed by atoms with E-state index in [4.69, 9.17) is 5.73 Å². The molecular weight excluding hydrogens is 325 g/mol. The van der Waals surface area contributed by atoms with E-state index in [-0.39, 0.29) is 30.0 Å². The summed E-state index contributed by atoms with van der Waals surface area (Å²) in [5, 5.41) is 3.23. The van der Waals surface area contributed by atoms with Crippen molar-refractivity contribution in [3.05, 3.63) is 46.7 Å². The van der Waals surface area contributed by atoms with Crippen molar-refractivity contribution >= 4 is 34.8 Å². The van der Waals surface area contributed by atoms with Crippen molar-refractivity contribution in [3.8, 4) is 0 Å². The second kappa shape index (κ2) is 8.22. The molecule has 0 aliphatic rings. The predicted molar refractivity (Wildman–Crippen MR) is 90.0 cm³/mol. The lowest BCUT2D eigenvalue weighted by Crippen LogP contribution is -2.39. The summed E-state index contributed by atoms with van der Waals surface area (Å²) in [4.78, 5) is 17.0. The van der Waals surface area contributed by atoms with Crippen molar-refractivity contribution < 1.29 is 9.18 Å². The SMILES string of the molecule is CC(C)[C@H](N)C(=O)Nc1ncc(Cc2cccc(F)c2)s1.Cl. The Balaban J connectivity index is 0.00000242. The molecule has 1 amide bonds. The minimum atomic E-state index is -0.555. The average molecular weight is 344 g/mol. The Bertz CT molecular complexity index is 633. The fourth-order valence-corrected chi connectivity index (χ4v) is 2.64. The summed E-state index contributed by atoms with van der Waals surface area (Å²) >= 11 is 1.37. The van der Waals surface area contributed by atoms with Crippen LogP contribution in [0, 0.1) is 11.7 Å². The van der Waals surface area contributed by atoms with Crippen molar-refractivity contribution in [2.45, 2.75) is 26.3 Å². The molecule has 0 saturated carbocycles. The summed E-state index contributed by atoms with van der Waals surface area (Å²) in [5.41, 5.74) is 6.65. The van der Waals surface area contributed by atoms with Crippen LogP contribution in [0.3, 0.4) is 0 Å². The highest BCUT2D eigenvalue weighted by atomic mass is 35.5. The lowest BCUT2D eigenvalue weighted by Gasteiger charge is -2.13. The third kappa shape index (κ3) is 5.05. The Morgan fingerprint density at radius 1 is 1.45 bits per heavy atom. The molecule has 0 unspecified atom stereocenters. The number of carbonyl (C=O) groups excluding carboxylic acids is 1. The van der Waals surface area contributed by atoms with Gasteiger partial charge in [-0.15, -0.1) is 23.7 Å². The van der Waals surface area contributed by atoms with Gasteiger partial charge in [0.2, 0.25) is 5.91 Å². The number of hydrogen-bond donors (Lipinski definition) is 2. The molecule has 4 nitrogen and oxygen atoms in total. The van der Waals surface area contributed by atoms with Crippen LogP contribution in [0.5, 0.6) is 0 Å². The summed E-state index contributed by atoms with van der Waals surface area (Å²) < 4.78 is 13.1. The number of hydrogen-bond acceptors (Lipinski definition) is 4. The second-order valence-corrected chi connectivity index (χ2v) is 6.31. The van der Waals surface area contributed by atoms with Crippen molar-refractivity contribution in [3.63, 3.8) is 0 Å². The number of thiazole rings is 1. The van der Waals surface area contributed by atoms with Gasteiger partial charge in [0.1, 0.15) is 5.82 Å². The maximum atomic E-state index is 13.1. The van der Waals surface area contributed by atoms with Crippen molar-refractivity contribution in [1.29, 1.82) is 0 Å². The van der Waals surface area contributed by atoms with Gasteiger partial charge < -0.3 is 11.1 Å². The van der Waals surface area contributed by atoms with Crippen LogP contribution in [0.4, 0.5) is 9.52 Å². The monoisotopic (exact) mass is 343 g/mol. The van der Waals surface area contributed by atoms with E-state index in [0.29, 0.717) is 11.6 Å². The first-order valence-corrected chi connectivity index (χ1v) is 7.53. The fourth-order valence-electron chi connectivity index (χ4n) is 1.79. The van der Waals surface area contributed by atoms with Gasteiger partial charge in [0.05, 0.1) is 6.04 Å². The fraction of sp³-hybridized carbons (Fsp3) is 0.333. The van der Waals surface area contributed by atoms with E-state index in [1.807, 2.05) is 19.9 Å². The zero-order valence-corrected chi connectivity index (χ0v) is 14.0. The van der Waals surface area contributed by atoms with E-state index in [1.165, 1.54) is 23.5 Å². The quantitative estimate of drug-likeness (QED) is 0.875. The molecule has 0 fully saturated rings. The number of nitrogens with zero attached hydrogens (tertiary/aromatic N) is 1. The van der Waals surface area contributed by atoms with Gasteiger partial charge in [-0.3, -0.25) is 4.79 Å². The smallest absolute Gasteiger partial charge is 0.243 e. The Morgan fingerprint density at radius 3 is 2.82 bits per heavy atom. The van der Waals surface area contributed by atoms with Crippen LogP contribution in [0.1, 0.15) is 24.3 Å². The highest BCUT2D eigenvalue weighted by molar-refractivity contribution is 7.15. The summed E-state index contributed by atoms with van der Waals surface area (Å²) in [6.45, 7) is 3.78. The Hall–Kier alpha value is -1.50. The molecule has 0 bridgehead atoms. The van der Waals surface area contributed by atoms with Gasteiger partial charge in [-0.05, 0) is 23.6 Å². The van der Waals surface area contributed by atoms with Crippen LogP contribution in [-0.4, -0.2) is 16.9 Å². The zero-order valence-electron chi connectivity index (χ0n) is 12.4. The number of benzene rings is 1. The number of nitrogens with two attached hydrogens (primary N) is 1. The van der Waals surface area contributed by atoms with Crippen LogP contribution < -0.4 is 11.1 Å². The molecule has 0 radical (unpaired) electrons. The number of aromatic nitrogens is 1. The molecule has 7 heteroatoms. The van der Waals surface area contributed by atoms with Crippen LogP contribution in [0.25, 0.3) is 0 Å². The van der Waals surface area contributed by atoms with E-state index in [9.17, 15) is 9.18 Å². The minimum Gasteiger partial charge on any atom is -0.320 e. The minimum absolute atomic E-state index is 0. The highest BCUT2D eigenvalue weighted by Crippen LogP contribution is 2.21. The van der Waals surface area contributed by atoms with Gasteiger partial charge in [0, 0.05) is 17.5 Å². The summed E-state index contributed by atoms with van der Waals surface area (Å²) in [7, 11) is 0. The first-order chi connectivity index (χ1) is 9.95. The predicted octanol–water partition coefficient (Wildman–Crippen LogP) is 3.22. The van der Waals surface area contributed by atoms with Gasteiger partial charge in [0.15, 0.2) is 5.13 Å². The molecule has 1 aromatic carbocycles. The maximum Gasteiger partial charge on any atom is 0.243 e. The van der Waals surface area contributed by atoms with Crippen LogP contribution >= 0.6 is 23.7 Å². The number of carbonyl (C=O) groups is 1. The lowest BCUT2D eigenvalue weighted by molar-refractivity contribution is -0.118. The summed E-state index contributed by atoms with van der Waals surface area (Å²) in [6, 6.07) is 5.88. The van der Waals surface area contributed by atoms with Crippen molar-refractivity contribution in [2.75, 3.05) is 5.32 Å². The van der Waals surface area contributed by atoms with E-state index in [2.05, 4.69) is 10.3 Å². The number of rotatable bonds is 5. The number of anilines is 1. The molecule has 1 heterocycles. The summed E-state index contributed by atoms with van der Waals surface area (Å²) in [6.07, 6.45) is 2.27. The van der Waals surface area contributed by atoms with Crippen LogP contribution in [0.2, 0.25) is 0 Å². The Morgan fingerprint density at radius 2 is 2.18 bits per heavy atom. The molecule has 0 spiro atoms. The molecule has 0 aliphatic heterocycles. The molecule has 1 atom stereocenters. The van der Waals surface area contributed by atoms with Crippen molar-refractivity contribution in [1.82, 2.24) is 4.98 Å². The molecule has 0 aliphatic carbocycles. The lowest BCUT2D eigenvalue weighted by atomic mass is 10.1. The first-order valence-electron chi connectivity index (χ1n) is 6.71. The van der Waals surface area contributed by atoms with Gasteiger partial charge in [-0.2, -0.15) is 0 Å². The van der Waals surface area contributed by atoms with E-state index in [0.717, 1.165) is 10.4 Å². The molecule has 0 saturated heterocycles. The third-order valence-electron chi connectivity index (χ3n) is 3.07. The molecule has 120 valence electrons. The zero-order chi connectivity index (χ0) is 15.4. The Labute approximate surface area is 139 Å².